The van der Waals surface area contributed by atoms with E-state index in [4.69, 9.17) is 20.2 Å². The molecule has 1 aliphatic rings. The van der Waals surface area contributed by atoms with Gasteiger partial charge in [0, 0.05) is 28.7 Å². The third-order valence-corrected chi connectivity index (χ3v) is 6.05. The molecule has 1 aromatic heterocycles. The van der Waals surface area contributed by atoms with Crippen molar-refractivity contribution in [3.8, 4) is 11.5 Å². The van der Waals surface area contributed by atoms with Gasteiger partial charge in [0.2, 0.25) is 5.91 Å². The van der Waals surface area contributed by atoms with E-state index in [0.29, 0.717) is 36.8 Å². The number of hydrogen-bond acceptors (Lipinski definition) is 7. The number of aromatic nitrogens is 1. The molecule has 1 amide bonds. The second-order valence-electron chi connectivity index (χ2n) is 7.95. The van der Waals surface area contributed by atoms with Crippen LogP contribution in [0.15, 0.2) is 47.5 Å². The Kier molecular flexibility index (Phi) is 9.15. The lowest BCUT2D eigenvalue weighted by molar-refractivity contribution is -0.113. The maximum Gasteiger partial charge on any atom is 0.234 e. The van der Waals surface area contributed by atoms with Gasteiger partial charge in [-0.15, -0.1) is 0 Å². The average molecular weight is 484 g/mol. The third kappa shape index (κ3) is 6.62. The normalized spacial score (nSPS) is 14.1. The van der Waals surface area contributed by atoms with Gasteiger partial charge in [0.15, 0.2) is 11.5 Å². The Morgan fingerprint density at radius 3 is 2.53 bits per heavy atom. The van der Waals surface area contributed by atoms with Crippen LogP contribution in [0.5, 0.6) is 11.5 Å². The van der Waals surface area contributed by atoms with Crippen LogP contribution in [0.3, 0.4) is 0 Å². The highest BCUT2D eigenvalue weighted by atomic mass is 32.2. The zero-order valence-corrected chi connectivity index (χ0v) is 20.9. The summed E-state index contributed by atoms with van der Waals surface area (Å²) in [6, 6.07) is 13.1. The van der Waals surface area contributed by atoms with Gasteiger partial charge in [0.25, 0.3) is 0 Å². The standard InChI is InChI=1S/C24H27N3O4S.C2H6/c1-14(28)8-16-4-3-5-18(9-16)26-23(29)13-32-24-19(15(2)25)10-17-11-21-22(12-20(17)27-24)31-7-6-30-21;1-2/h3-5,9-12,14-15,28H,6-8,13,25H2,1-2H3,(H,26,29);1-2H3. The van der Waals surface area contributed by atoms with Crippen molar-refractivity contribution < 1.29 is 19.4 Å². The molecule has 0 spiro atoms. The predicted octanol–water partition coefficient (Wildman–Crippen LogP) is 4.71. The smallest absolute Gasteiger partial charge is 0.234 e. The van der Waals surface area contributed by atoms with Gasteiger partial charge >= 0.3 is 0 Å². The molecule has 2 unspecified atom stereocenters. The lowest BCUT2D eigenvalue weighted by Crippen LogP contribution is -2.16. The van der Waals surface area contributed by atoms with Gasteiger partial charge in [0.1, 0.15) is 18.2 Å². The number of aliphatic hydroxyl groups is 1. The summed E-state index contributed by atoms with van der Waals surface area (Å²) in [6.45, 7) is 8.68. The second kappa shape index (κ2) is 12.1. The van der Waals surface area contributed by atoms with E-state index in [1.54, 1.807) is 6.92 Å². The fraction of sp³-hybridized carbons (Fsp3) is 0.385. The molecular weight excluding hydrogens is 450 g/mol. The lowest BCUT2D eigenvalue weighted by atomic mass is 10.1. The number of pyridine rings is 1. The molecule has 34 heavy (non-hydrogen) atoms. The average Bonchev–Trinajstić information content (AvgIpc) is 2.82. The van der Waals surface area contributed by atoms with Crippen LogP contribution in [0, 0.1) is 0 Å². The van der Waals surface area contributed by atoms with Gasteiger partial charge in [-0.2, -0.15) is 0 Å². The summed E-state index contributed by atoms with van der Waals surface area (Å²) < 4.78 is 11.3. The number of rotatable bonds is 7. The van der Waals surface area contributed by atoms with E-state index in [0.717, 1.165) is 27.1 Å². The first-order valence-corrected chi connectivity index (χ1v) is 12.6. The van der Waals surface area contributed by atoms with Gasteiger partial charge in [-0.25, -0.2) is 4.98 Å². The third-order valence-electron chi connectivity index (χ3n) is 5.04. The summed E-state index contributed by atoms with van der Waals surface area (Å²) in [7, 11) is 0. The summed E-state index contributed by atoms with van der Waals surface area (Å²) in [5.41, 5.74) is 9.52. The largest absolute Gasteiger partial charge is 0.486 e. The molecule has 0 saturated heterocycles. The van der Waals surface area contributed by atoms with E-state index in [2.05, 4.69) is 5.32 Å². The monoisotopic (exact) mass is 483 g/mol. The molecule has 0 fully saturated rings. The predicted molar refractivity (Wildman–Crippen MR) is 138 cm³/mol. The second-order valence-corrected chi connectivity index (χ2v) is 8.91. The van der Waals surface area contributed by atoms with E-state index < -0.39 is 6.10 Å². The molecule has 7 nitrogen and oxygen atoms in total. The fourth-order valence-electron chi connectivity index (χ4n) is 3.60. The molecule has 182 valence electrons. The number of nitrogens with zero attached hydrogens (tertiary/aromatic N) is 1. The van der Waals surface area contributed by atoms with Crippen molar-refractivity contribution in [1.82, 2.24) is 4.98 Å². The number of thioether (sulfide) groups is 1. The topological polar surface area (TPSA) is 107 Å². The number of nitrogens with two attached hydrogens (primary N) is 1. The maximum atomic E-state index is 12.6. The minimum atomic E-state index is -0.435. The van der Waals surface area contributed by atoms with E-state index in [1.807, 2.05) is 63.2 Å². The van der Waals surface area contributed by atoms with Crippen molar-refractivity contribution in [3.05, 3.63) is 53.6 Å². The first-order chi connectivity index (χ1) is 16.4. The Balaban J connectivity index is 0.00000158. The minimum Gasteiger partial charge on any atom is -0.486 e. The van der Waals surface area contributed by atoms with E-state index in [9.17, 15) is 9.90 Å². The summed E-state index contributed by atoms with van der Waals surface area (Å²) in [5, 5.41) is 14.1. The number of hydrogen-bond donors (Lipinski definition) is 3. The number of anilines is 1. The number of fused-ring (bicyclic) bond motifs is 2. The molecule has 2 atom stereocenters. The zero-order valence-electron chi connectivity index (χ0n) is 20.1. The van der Waals surface area contributed by atoms with Crippen LogP contribution in [-0.2, 0) is 11.2 Å². The van der Waals surface area contributed by atoms with Gasteiger partial charge in [-0.3, -0.25) is 4.79 Å². The Morgan fingerprint density at radius 2 is 1.85 bits per heavy atom. The van der Waals surface area contributed by atoms with Crippen LogP contribution in [0.25, 0.3) is 10.9 Å². The molecule has 2 aromatic carbocycles. The van der Waals surface area contributed by atoms with E-state index in [1.165, 1.54) is 11.8 Å². The number of amides is 1. The number of carbonyl (C=O) groups is 1. The van der Waals surface area contributed by atoms with Crippen LogP contribution >= 0.6 is 11.8 Å². The maximum absolute atomic E-state index is 12.6. The lowest BCUT2D eigenvalue weighted by Gasteiger charge is -2.20. The first kappa shape index (κ1) is 25.8. The summed E-state index contributed by atoms with van der Waals surface area (Å²) in [4.78, 5) is 17.3. The molecule has 0 saturated carbocycles. The molecule has 3 aromatic rings. The summed E-state index contributed by atoms with van der Waals surface area (Å²) in [5.74, 6) is 1.45. The molecule has 8 heteroatoms. The number of nitrogens with one attached hydrogen (secondary N) is 1. The van der Waals surface area contributed by atoms with Gasteiger partial charge in [0.05, 0.1) is 17.4 Å². The van der Waals surface area contributed by atoms with Crippen molar-refractivity contribution in [1.29, 1.82) is 0 Å². The van der Waals surface area contributed by atoms with Crippen molar-refractivity contribution >= 4 is 34.3 Å². The molecule has 2 heterocycles. The molecule has 4 N–H and O–H groups in total. The summed E-state index contributed by atoms with van der Waals surface area (Å²) >= 11 is 1.35. The molecule has 0 aliphatic carbocycles. The van der Waals surface area contributed by atoms with Crippen molar-refractivity contribution in [2.45, 2.75) is 51.3 Å². The number of carbonyl (C=O) groups excluding carboxylic acids is 1. The highest BCUT2D eigenvalue weighted by molar-refractivity contribution is 8.00. The zero-order chi connectivity index (χ0) is 24.7. The van der Waals surface area contributed by atoms with Crippen LogP contribution in [0.2, 0.25) is 0 Å². The van der Waals surface area contributed by atoms with Crippen molar-refractivity contribution in [2.75, 3.05) is 24.3 Å². The molecule has 1 aliphatic heterocycles. The number of ether oxygens (including phenoxy) is 2. The Morgan fingerprint density at radius 1 is 1.15 bits per heavy atom. The molecule has 0 radical (unpaired) electrons. The molecular formula is C26H33N3O4S. The fourth-order valence-corrected chi connectivity index (χ4v) is 4.51. The van der Waals surface area contributed by atoms with E-state index >= 15 is 0 Å². The van der Waals surface area contributed by atoms with Crippen LogP contribution in [0.1, 0.15) is 44.9 Å². The van der Waals surface area contributed by atoms with Crippen molar-refractivity contribution in [3.63, 3.8) is 0 Å². The first-order valence-electron chi connectivity index (χ1n) is 11.6. The van der Waals surface area contributed by atoms with Crippen LogP contribution in [-0.4, -0.2) is 41.1 Å². The van der Waals surface area contributed by atoms with Gasteiger partial charge in [-0.05, 0) is 50.1 Å². The van der Waals surface area contributed by atoms with E-state index in [-0.39, 0.29) is 17.7 Å². The molecule has 4 rings (SSSR count). The molecule has 0 bridgehead atoms. The van der Waals surface area contributed by atoms with Crippen LogP contribution in [0.4, 0.5) is 5.69 Å². The quantitative estimate of drug-likeness (QED) is 0.418. The Labute approximate surface area is 205 Å². The Hall–Kier alpha value is -2.81. The number of benzene rings is 2. The summed E-state index contributed by atoms with van der Waals surface area (Å²) in [6.07, 6.45) is 0.102. The highest BCUT2D eigenvalue weighted by Crippen LogP contribution is 2.36. The van der Waals surface area contributed by atoms with Gasteiger partial charge < -0.3 is 25.6 Å². The van der Waals surface area contributed by atoms with Crippen LogP contribution < -0.4 is 20.5 Å². The SMILES string of the molecule is CC.CC(O)Cc1cccc(NC(=O)CSc2nc3cc4c(cc3cc2C(C)N)OCCO4)c1. The number of aliphatic hydroxyl groups excluding tert-OH is 1. The Bertz CT molecular complexity index is 1130. The highest BCUT2D eigenvalue weighted by Gasteiger charge is 2.17. The minimum absolute atomic E-state index is 0.135. The van der Waals surface area contributed by atoms with Gasteiger partial charge in [-0.1, -0.05) is 37.7 Å². The van der Waals surface area contributed by atoms with Crippen molar-refractivity contribution in [2.24, 2.45) is 5.73 Å².